The highest BCUT2D eigenvalue weighted by Gasteiger charge is 2.41. The van der Waals surface area contributed by atoms with Gasteiger partial charge in [-0.25, -0.2) is 9.37 Å². The second-order valence-electron chi connectivity index (χ2n) is 9.97. The van der Waals surface area contributed by atoms with Crippen LogP contribution in [0.5, 0.6) is 0 Å². The van der Waals surface area contributed by atoms with Gasteiger partial charge in [-0.2, -0.15) is 0 Å². The lowest BCUT2D eigenvalue weighted by molar-refractivity contribution is 0.0963. The molecule has 2 saturated carbocycles. The lowest BCUT2D eigenvalue weighted by atomic mass is 9.72. The second kappa shape index (κ2) is 8.49. The Hall–Kier alpha value is -3.28. The van der Waals surface area contributed by atoms with Crippen molar-refractivity contribution in [1.29, 1.82) is 0 Å². The highest BCUT2D eigenvalue weighted by atomic mass is 19.1. The molecular weight excluding hydrogens is 427 g/mol. The fourth-order valence-corrected chi connectivity index (χ4v) is 6.04. The van der Waals surface area contributed by atoms with Crippen molar-refractivity contribution in [2.75, 3.05) is 7.05 Å². The Morgan fingerprint density at radius 3 is 2.47 bits per heavy atom. The van der Waals surface area contributed by atoms with Crippen LogP contribution < -0.4 is 5.32 Å². The molecule has 2 aromatic heterocycles. The predicted octanol–water partition coefficient (Wildman–Crippen LogP) is 6.08. The van der Waals surface area contributed by atoms with Crippen LogP contribution in [0, 0.1) is 17.7 Å². The SMILES string of the molecule is CNC(=O)c1ccc2nc([C@@H](C3CCC(c4ccnc5ccc(F)cc45)CC3)C3CC3)[nH]c2c1. The summed E-state index contributed by atoms with van der Waals surface area (Å²) in [6, 6.07) is 12.7. The molecule has 0 unspecified atom stereocenters. The van der Waals surface area contributed by atoms with Gasteiger partial charge in [0.25, 0.3) is 5.91 Å². The third kappa shape index (κ3) is 3.85. The maximum absolute atomic E-state index is 14.0. The normalized spacial score (nSPS) is 21.6. The summed E-state index contributed by atoms with van der Waals surface area (Å²) < 4.78 is 14.0. The zero-order valence-electron chi connectivity index (χ0n) is 19.4. The van der Waals surface area contributed by atoms with Crippen LogP contribution in [0.15, 0.2) is 48.7 Å². The van der Waals surface area contributed by atoms with E-state index >= 15 is 0 Å². The van der Waals surface area contributed by atoms with E-state index in [0.717, 1.165) is 53.4 Å². The van der Waals surface area contributed by atoms with Gasteiger partial charge in [0.1, 0.15) is 11.6 Å². The van der Waals surface area contributed by atoms with Crippen LogP contribution in [0.2, 0.25) is 0 Å². The van der Waals surface area contributed by atoms with Crippen LogP contribution in [0.4, 0.5) is 4.39 Å². The molecule has 2 heterocycles. The maximum Gasteiger partial charge on any atom is 0.251 e. The minimum absolute atomic E-state index is 0.0846. The first-order chi connectivity index (χ1) is 16.6. The molecule has 4 aromatic rings. The summed E-state index contributed by atoms with van der Waals surface area (Å²) in [6.45, 7) is 0. The number of rotatable bonds is 5. The zero-order chi connectivity index (χ0) is 23.2. The molecule has 2 N–H and O–H groups in total. The number of imidazole rings is 1. The van der Waals surface area contributed by atoms with Crippen molar-refractivity contribution in [2.24, 2.45) is 11.8 Å². The monoisotopic (exact) mass is 456 g/mol. The molecule has 6 heteroatoms. The molecule has 1 amide bonds. The second-order valence-corrected chi connectivity index (χ2v) is 9.97. The molecule has 0 saturated heterocycles. The topological polar surface area (TPSA) is 70.7 Å². The van der Waals surface area contributed by atoms with E-state index in [4.69, 9.17) is 4.98 Å². The average molecular weight is 457 g/mol. The summed E-state index contributed by atoms with van der Waals surface area (Å²) in [7, 11) is 1.65. The number of nitrogens with one attached hydrogen (secondary N) is 2. The molecule has 174 valence electrons. The Balaban J connectivity index is 1.24. The smallest absolute Gasteiger partial charge is 0.251 e. The number of carbonyl (C=O) groups excluding carboxylic acids is 1. The van der Waals surface area contributed by atoms with Gasteiger partial charge in [0.15, 0.2) is 0 Å². The van der Waals surface area contributed by atoms with Crippen LogP contribution in [0.1, 0.15) is 72.1 Å². The standard InChI is InChI=1S/C28H29FN4O/c1-30-28(34)19-8-10-24-25(14-19)33-27(32-24)26(18-6-7-18)17-4-2-16(3-5-17)21-12-13-31-23-11-9-20(29)15-22(21)23/h8-18,26H,2-7H2,1H3,(H,30,34)(H,32,33)/t16?,17?,26-/m0/s1. The van der Waals surface area contributed by atoms with Crippen molar-refractivity contribution >= 4 is 27.8 Å². The molecule has 2 aliphatic carbocycles. The van der Waals surface area contributed by atoms with Gasteiger partial charge in [-0.05, 0) is 104 Å². The largest absolute Gasteiger partial charge is 0.355 e. The van der Waals surface area contributed by atoms with Crippen molar-refractivity contribution in [3.63, 3.8) is 0 Å². The minimum Gasteiger partial charge on any atom is -0.355 e. The van der Waals surface area contributed by atoms with Crippen LogP contribution in [-0.4, -0.2) is 27.9 Å². The molecule has 2 fully saturated rings. The van der Waals surface area contributed by atoms with Gasteiger partial charge in [0.2, 0.25) is 0 Å². The first-order valence-corrected chi connectivity index (χ1v) is 12.4. The Kier molecular flexibility index (Phi) is 5.31. The summed E-state index contributed by atoms with van der Waals surface area (Å²) in [5, 5.41) is 3.64. The van der Waals surface area contributed by atoms with Gasteiger partial charge < -0.3 is 10.3 Å². The lowest BCUT2D eigenvalue weighted by Gasteiger charge is -2.34. The number of carbonyl (C=O) groups is 1. The molecule has 2 aromatic carbocycles. The number of amides is 1. The fraction of sp³-hybridized carbons (Fsp3) is 0.393. The molecular formula is C28H29FN4O. The van der Waals surface area contributed by atoms with E-state index in [-0.39, 0.29) is 11.7 Å². The van der Waals surface area contributed by atoms with Gasteiger partial charge in [-0.3, -0.25) is 9.78 Å². The van der Waals surface area contributed by atoms with Crippen molar-refractivity contribution in [3.8, 4) is 0 Å². The quantitative estimate of drug-likeness (QED) is 0.382. The van der Waals surface area contributed by atoms with Crippen molar-refractivity contribution in [1.82, 2.24) is 20.3 Å². The fourth-order valence-electron chi connectivity index (χ4n) is 6.04. The van der Waals surface area contributed by atoms with Gasteiger partial charge in [0, 0.05) is 30.1 Å². The number of benzene rings is 2. The summed E-state index contributed by atoms with van der Waals surface area (Å²) in [5.41, 5.74) is 4.61. The predicted molar refractivity (Wildman–Crippen MR) is 131 cm³/mol. The zero-order valence-corrected chi connectivity index (χ0v) is 19.4. The molecule has 1 atom stereocenters. The van der Waals surface area contributed by atoms with E-state index in [2.05, 4.69) is 21.4 Å². The van der Waals surface area contributed by atoms with Gasteiger partial charge in [0.05, 0.1) is 16.6 Å². The number of aromatic amines is 1. The Labute approximate surface area is 198 Å². The first-order valence-electron chi connectivity index (χ1n) is 12.4. The van der Waals surface area contributed by atoms with Gasteiger partial charge in [-0.1, -0.05) is 0 Å². The van der Waals surface area contributed by atoms with E-state index < -0.39 is 0 Å². The van der Waals surface area contributed by atoms with Crippen LogP contribution in [0.3, 0.4) is 0 Å². The molecule has 0 radical (unpaired) electrons. The molecule has 6 rings (SSSR count). The summed E-state index contributed by atoms with van der Waals surface area (Å²) in [5.74, 6) is 2.94. The van der Waals surface area contributed by atoms with Crippen LogP contribution >= 0.6 is 0 Å². The highest BCUT2D eigenvalue weighted by molar-refractivity contribution is 5.97. The molecule has 0 aliphatic heterocycles. The number of fused-ring (bicyclic) bond motifs is 2. The molecule has 5 nitrogen and oxygen atoms in total. The highest BCUT2D eigenvalue weighted by Crippen LogP contribution is 2.51. The lowest BCUT2D eigenvalue weighted by Crippen LogP contribution is -2.22. The third-order valence-electron chi connectivity index (χ3n) is 7.89. The Morgan fingerprint density at radius 2 is 1.74 bits per heavy atom. The Morgan fingerprint density at radius 1 is 1.00 bits per heavy atom. The summed E-state index contributed by atoms with van der Waals surface area (Å²) in [6.07, 6.45) is 8.88. The third-order valence-corrected chi connectivity index (χ3v) is 7.89. The number of pyridine rings is 1. The molecule has 34 heavy (non-hydrogen) atoms. The number of nitrogens with zero attached hydrogens (tertiary/aromatic N) is 2. The molecule has 0 bridgehead atoms. The number of H-pyrrole nitrogens is 1. The first kappa shape index (κ1) is 21.3. The number of hydrogen-bond acceptors (Lipinski definition) is 3. The Bertz CT molecular complexity index is 1370. The van der Waals surface area contributed by atoms with Crippen molar-refractivity contribution in [3.05, 3.63) is 71.4 Å². The van der Waals surface area contributed by atoms with Gasteiger partial charge in [-0.15, -0.1) is 0 Å². The maximum atomic E-state index is 14.0. The number of aromatic nitrogens is 3. The van der Waals surface area contributed by atoms with E-state index in [0.29, 0.717) is 29.2 Å². The summed E-state index contributed by atoms with van der Waals surface area (Å²) in [4.78, 5) is 25.0. The van der Waals surface area contributed by atoms with Crippen molar-refractivity contribution < 1.29 is 9.18 Å². The summed E-state index contributed by atoms with van der Waals surface area (Å²) >= 11 is 0. The number of halogens is 1. The van der Waals surface area contributed by atoms with E-state index in [1.165, 1.54) is 24.5 Å². The van der Waals surface area contributed by atoms with E-state index in [1.807, 2.05) is 24.4 Å². The molecule has 0 spiro atoms. The molecule has 2 aliphatic rings. The van der Waals surface area contributed by atoms with Crippen LogP contribution in [0.25, 0.3) is 21.9 Å². The van der Waals surface area contributed by atoms with E-state index in [1.54, 1.807) is 19.2 Å². The van der Waals surface area contributed by atoms with E-state index in [9.17, 15) is 9.18 Å². The van der Waals surface area contributed by atoms with Gasteiger partial charge >= 0.3 is 0 Å². The van der Waals surface area contributed by atoms with Crippen LogP contribution in [-0.2, 0) is 0 Å². The minimum atomic E-state index is -0.200. The number of hydrogen-bond donors (Lipinski definition) is 2. The van der Waals surface area contributed by atoms with Crippen molar-refractivity contribution in [2.45, 2.75) is 50.4 Å². The average Bonchev–Trinajstić information content (AvgIpc) is 3.61.